The number of aliphatic carboxylic acids is 1. The van der Waals surface area contributed by atoms with E-state index >= 15 is 0 Å². The highest BCUT2D eigenvalue weighted by Gasteiger charge is 2.40. The molecular weight excluding hydrogens is 500 g/mol. The summed E-state index contributed by atoms with van der Waals surface area (Å²) in [7, 11) is 0. The molecule has 204 valence electrons. The standard InChI is InChI=1S/C39H36O2/c40-38(41)37(36(26-31-16-6-1-7-17-31)27-32-18-8-2-9-19-32)39(28-33-20-10-3-11-21-33,29-34-22-12-4-13-23-34)30-35-24-14-5-15-25-35/h1-25H,26-30H2,(H,40,41). The average molecular weight is 537 g/mol. The van der Waals surface area contributed by atoms with Gasteiger partial charge in [-0.25, -0.2) is 4.79 Å². The molecule has 0 aliphatic rings. The lowest BCUT2D eigenvalue weighted by molar-refractivity contribution is -0.134. The number of carboxylic acid groups (broad SMARTS) is 1. The largest absolute Gasteiger partial charge is 0.478 e. The van der Waals surface area contributed by atoms with Crippen molar-refractivity contribution in [2.75, 3.05) is 0 Å². The van der Waals surface area contributed by atoms with Crippen molar-refractivity contribution >= 4 is 5.97 Å². The lowest BCUT2D eigenvalue weighted by atomic mass is 9.65. The quantitative estimate of drug-likeness (QED) is 0.162. The first-order valence-corrected chi connectivity index (χ1v) is 14.3. The molecule has 2 nitrogen and oxygen atoms in total. The van der Waals surface area contributed by atoms with Crippen molar-refractivity contribution in [3.05, 3.63) is 191 Å². The van der Waals surface area contributed by atoms with Gasteiger partial charge >= 0.3 is 5.97 Å². The zero-order valence-electron chi connectivity index (χ0n) is 23.3. The third-order valence-electron chi connectivity index (χ3n) is 7.77. The van der Waals surface area contributed by atoms with E-state index in [2.05, 4.69) is 60.7 Å². The molecule has 41 heavy (non-hydrogen) atoms. The molecule has 0 spiro atoms. The van der Waals surface area contributed by atoms with E-state index in [1.165, 1.54) is 0 Å². The minimum atomic E-state index is -0.838. The van der Waals surface area contributed by atoms with Crippen molar-refractivity contribution in [1.29, 1.82) is 0 Å². The summed E-state index contributed by atoms with van der Waals surface area (Å²) < 4.78 is 0. The molecule has 0 radical (unpaired) electrons. The number of carbonyl (C=O) groups is 1. The Bertz CT molecular complexity index is 1400. The SMILES string of the molecule is O=C(O)C(=C(Cc1ccccc1)Cc1ccccc1)C(Cc1ccccc1)(Cc1ccccc1)Cc1ccccc1. The van der Waals surface area contributed by atoms with E-state index in [1.54, 1.807) is 0 Å². The van der Waals surface area contributed by atoms with Crippen LogP contribution < -0.4 is 0 Å². The Morgan fingerprint density at radius 2 is 0.707 bits per heavy atom. The Morgan fingerprint density at radius 3 is 0.976 bits per heavy atom. The van der Waals surface area contributed by atoms with Gasteiger partial charge in [0, 0.05) is 11.0 Å². The van der Waals surface area contributed by atoms with E-state index in [0.29, 0.717) is 37.7 Å². The average Bonchev–Trinajstić information content (AvgIpc) is 2.99. The summed E-state index contributed by atoms with van der Waals surface area (Å²) in [5.74, 6) is -0.838. The summed E-state index contributed by atoms with van der Waals surface area (Å²) in [4.78, 5) is 13.7. The highest BCUT2D eigenvalue weighted by Crippen LogP contribution is 2.42. The van der Waals surface area contributed by atoms with Crippen LogP contribution in [0, 0.1) is 5.41 Å². The number of hydrogen-bond acceptors (Lipinski definition) is 1. The monoisotopic (exact) mass is 536 g/mol. The van der Waals surface area contributed by atoms with Crippen LogP contribution in [-0.4, -0.2) is 11.1 Å². The van der Waals surface area contributed by atoms with Gasteiger partial charge in [-0.1, -0.05) is 157 Å². The van der Waals surface area contributed by atoms with E-state index < -0.39 is 11.4 Å². The van der Waals surface area contributed by atoms with E-state index in [0.717, 1.165) is 33.4 Å². The van der Waals surface area contributed by atoms with Gasteiger partial charge in [-0.05, 0) is 59.9 Å². The Balaban J connectivity index is 1.77. The van der Waals surface area contributed by atoms with Crippen LogP contribution in [-0.2, 0) is 36.9 Å². The molecule has 5 aromatic carbocycles. The third kappa shape index (κ3) is 7.49. The minimum absolute atomic E-state index is 0.529. The van der Waals surface area contributed by atoms with Gasteiger partial charge in [-0.3, -0.25) is 0 Å². The van der Waals surface area contributed by atoms with Gasteiger partial charge in [0.15, 0.2) is 0 Å². The van der Waals surface area contributed by atoms with E-state index in [4.69, 9.17) is 0 Å². The Morgan fingerprint density at radius 1 is 0.439 bits per heavy atom. The second kappa shape index (κ2) is 13.6. The van der Waals surface area contributed by atoms with E-state index in [-0.39, 0.29) is 0 Å². The van der Waals surface area contributed by atoms with E-state index in [1.807, 2.05) is 91.0 Å². The van der Waals surface area contributed by atoms with Gasteiger partial charge in [0.2, 0.25) is 0 Å². The maximum Gasteiger partial charge on any atom is 0.332 e. The predicted octanol–water partition coefficient (Wildman–Crippen LogP) is 8.57. The zero-order valence-corrected chi connectivity index (χ0v) is 23.3. The molecule has 5 aromatic rings. The first kappa shape index (κ1) is 27.9. The molecule has 0 aromatic heterocycles. The molecule has 0 aliphatic heterocycles. The number of benzene rings is 5. The Hall–Kier alpha value is -4.69. The smallest absolute Gasteiger partial charge is 0.332 e. The highest BCUT2D eigenvalue weighted by molar-refractivity contribution is 5.90. The summed E-state index contributed by atoms with van der Waals surface area (Å²) in [6, 6.07) is 51.6. The van der Waals surface area contributed by atoms with E-state index in [9.17, 15) is 9.90 Å². The molecule has 0 unspecified atom stereocenters. The summed E-state index contributed by atoms with van der Waals surface area (Å²) >= 11 is 0. The second-order valence-corrected chi connectivity index (χ2v) is 10.9. The van der Waals surface area contributed by atoms with Gasteiger partial charge < -0.3 is 5.11 Å². The van der Waals surface area contributed by atoms with Gasteiger partial charge in [0.1, 0.15) is 0 Å². The first-order chi connectivity index (χ1) is 20.1. The summed E-state index contributed by atoms with van der Waals surface area (Å²) in [6.45, 7) is 0. The van der Waals surface area contributed by atoms with Gasteiger partial charge in [0.05, 0.1) is 0 Å². The minimum Gasteiger partial charge on any atom is -0.478 e. The number of allylic oxidation sites excluding steroid dienone is 1. The summed E-state index contributed by atoms with van der Waals surface area (Å²) in [5, 5.41) is 11.2. The fraction of sp³-hybridized carbons (Fsp3) is 0.154. The van der Waals surface area contributed by atoms with Crippen LogP contribution in [0.25, 0.3) is 0 Å². The molecule has 1 N–H and O–H groups in total. The second-order valence-electron chi connectivity index (χ2n) is 10.9. The van der Waals surface area contributed by atoms with Crippen LogP contribution in [0.15, 0.2) is 163 Å². The van der Waals surface area contributed by atoms with Crippen LogP contribution in [0.5, 0.6) is 0 Å². The molecule has 0 bridgehead atoms. The topological polar surface area (TPSA) is 37.3 Å². The number of carboxylic acids is 1. The molecule has 2 heteroatoms. The van der Waals surface area contributed by atoms with Gasteiger partial charge in [0.25, 0.3) is 0 Å². The van der Waals surface area contributed by atoms with Crippen molar-refractivity contribution in [1.82, 2.24) is 0 Å². The van der Waals surface area contributed by atoms with Crippen molar-refractivity contribution in [2.24, 2.45) is 5.41 Å². The molecular formula is C39H36O2. The molecule has 0 amide bonds. The van der Waals surface area contributed by atoms with Crippen molar-refractivity contribution < 1.29 is 9.90 Å². The number of rotatable bonds is 12. The molecule has 0 aliphatic carbocycles. The summed E-state index contributed by atoms with van der Waals surface area (Å²) in [5.41, 5.74) is 6.44. The molecule has 0 fully saturated rings. The summed E-state index contributed by atoms with van der Waals surface area (Å²) in [6.07, 6.45) is 3.01. The van der Waals surface area contributed by atoms with Gasteiger partial charge in [-0.2, -0.15) is 0 Å². The van der Waals surface area contributed by atoms with Gasteiger partial charge in [-0.15, -0.1) is 0 Å². The number of hydrogen-bond donors (Lipinski definition) is 1. The van der Waals surface area contributed by atoms with Crippen LogP contribution in [0.4, 0.5) is 0 Å². The molecule has 0 saturated heterocycles. The fourth-order valence-corrected chi connectivity index (χ4v) is 6.09. The van der Waals surface area contributed by atoms with Crippen LogP contribution >= 0.6 is 0 Å². The maximum absolute atomic E-state index is 13.7. The predicted molar refractivity (Wildman–Crippen MR) is 168 cm³/mol. The molecule has 5 rings (SSSR count). The molecule has 0 atom stereocenters. The first-order valence-electron chi connectivity index (χ1n) is 14.3. The maximum atomic E-state index is 13.7. The van der Waals surface area contributed by atoms with Crippen molar-refractivity contribution in [3.8, 4) is 0 Å². The third-order valence-corrected chi connectivity index (χ3v) is 7.77. The van der Waals surface area contributed by atoms with Crippen LogP contribution in [0.2, 0.25) is 0 Å². The fourth-order valence-electron chi connectivity index (χ4n) is 6.09. The van der Waals surface area contributed by atoms with Crippen molar-refractivity contribution in [2.45, 2.75) is 32.1 Å². The molecule has 0 heterocycles. The lowest BCUT2D eigenvalue weighted by Gasteiger charge is -2.37. The van der Waals surface area contributed by atoms with Crippen molar-refractivity contribution in [3.63, 3.8) is 0 Å². The zero-order chi connectivity index (χ0) is 28.3. The van der Waals surface area contributed by atoms with Crippen LogP contribution in [0.1, 0.15) is 27.8 Å². The van der Waals surface area contributed by atoms with Crippen LogP contribution in [0.3, 0.4) is 0 Å². The lowest BCUT2D eigenvalue weighted by Crippen LogP contribution is -2.37. The Kier molecular flexibility index (Phi) is 9.23. The normalized spacial score (nSPS) is 11.1. The molecule has 0 saturated carbocycles. The Labute approximate surface area is 243 Å². The highest BCUT2D eigenvalue weighted by atomic mass is 16.4.